The van der Waals surface area contributed by atoms with E-state index in [0.717, 1.165) is 24.2 Å². The molecule has 3 aromatic heterocycles. The lowest BCUT2D eigenvalue weighted by Crippen LogP contribution is -2.61. The summed E-state index contributed by atoms with van der Waals surface area (Å²) in [6.07, 6.45) is 5.39. The predicted octanol–water partition coefficient (Wildman–Crippen LogP) is 4.41. The molecular weight excluding hydrogens is 520 g/mol. The highest BCUT2D eigenvalue weighted by atomic mass is 19.3. The molecule has 2 aliphatic rings. The zero-order chi connectivity index (χ0) is 27.4. The van der Waals surface area contributed by atoms with E-state index in [0.29, 0.717) is 52.3 Å². The Bertz CT molecular complexity index is 1730. The molecule has 5 aromatic rings. The summed E-state index contributed by atoms with van der Waals surface area (Å²) in [5.41, 5.74) is 3.45. The number of halogens is 2. The Labute approximate surface area is 227 Å². The lowest BCUT2D eigenvalue weighted by molar-refractivity contribution is -0.0496. The van der Waals surface area contributed by atoms with Gasteiger partial charge in [0.1, 0.15) is 36.3 Å². The van der Waals surface area contributed by atoms with Gasteiger partial charge in [0.15, 0.2) is 5.65 Å². The summed E-state index contributed by atoms with van der Waals surface area (Å²) in [4.78, 5) is 21.8. The van der Waals surface area contributed by atoms with Crippen LogP contribution in [-0.2, 0) is 0 Å². The van der Waals surface area contributed by atoms with E-state index in [1.165, 1.54) is 19.0 Å². The summed E-state index contributed by atoms with van der Waals surface area (Å²) in [6.45, 7) is 0.647. The van der Waals surface area contributed by atoms with Crippen LogP contribution < -0.4 is 19.7 Å². The van der Waals surface area contributed by atoms with Crippen molar-refractivity contribution in [2.24, 2.45) is 0 Å². The molecule has 204 valence electrons. The Kier molecular flexibility index (Phi) is 5.81. The number of nitrogens with zero attached hydrogens (tertiary/aromatic N) is 8. The van der Waals surface area contributed by atoms with Gasteiger partial charge in [0.2, 0.25) is 5.88 Å². The van der Waals surface area contributed by atoms with Crippen molar-refractivity contribution in [3.05, 3.63) is 60.9 Å². The van der Waals surface area contributed by atoms with Crippen molar-refractivity contribution < 1.29 is 18.3 Å². The second-order valence-electron chi connectivity index (χ2n) is 9.96. The monoisotopic (exact) mass is 545 g/mol. The SMILES string of the molecule is Cc1cc(Nc2ncnc3ccc(OC(F)F)c(N4C[C@H]5[C@@H]4CCN5C)c23)ccc1Oc1cc2ncnn2cn1. The third kappa shape index (κ3) is 4.18. The number of hydrogen-bond acceptors (Lipinski definition) is 10. The van der Waals surface area contributed by atoms with E-state index in [1.807, 2.05) is 25.1 Å². The number of aromatic nitrogens is 6. The normalized spacial score (nSPS) is 18.8. The Morgan fingerprint density at radius 1 is 1.00 bits per heavy atom. The quantitative estimate of drug-likeness (QED) is 0.316. The van der Waals surface area contributed by atoms with Crippen LogP contribution in [0.4, 0.5) is 26.0 Å². The van der Waals surface area contributed by atoms with Gasteiger partial charge >= 0.3 is 6.61 Å². The second-order valence-corrected chi connectivity index (χ2v) is 9.96. The highest BCUT2D eigenvalue weighted by molar-refractivity contribution is 6.04. The standard InChI is InChI=1S/C27H25F2N9O2/c1-15-9-16(3-5-20(15)39-23-10-22-31-13-34-38(22)14-33-23)35-26-24-17(30-12-32-26)4-6-21(40-27(28)29)25(24)37-11-19-18(37)7-8-36(19)2/h3-6,9-10,12-14,18-19,27H,7-8,11H2,1-2H3,(H,30,32,35)/t18-,19-/m0/s1. The minimum Gasteiger partial charge on any atom is -0.439 e. The molecule has 2 fully saturated rings. The first-order valence-electron chi connectivity index (χ1n) is 12.8. The highest BCUT2D eigenvalue weighted by Gasteiger charge is 2.47. The fraction of sp³-hybridized carbons (Fsp3) is 0.296. The van der Waals surface area contributed by atoms with E-state index in [9.17, 15) is 8.78 Å². The Morgan fingerprint density at radius 2 is 1.88 bits per heavy atom. The number of likely N-dealkylation sites (tertiary alicyclic amines) is 1. The fourth-order valence-corrected chi connectivity index (χ4v) is 5.61. The molecule has 0 amide bonds. The molecule has 11 nitrogen and oxygen atoms in total. The van der Waals surface area contributed by atoms with Gasteiger partial charge < -0.3 is 19.7 Å². The van der Waals surface area contributed by atoms with Crippen molar-refractivity contribution in [3.63, 3.8) is 0 Å². The molecule has 0 bridgehead atoms. The molecule has 0 spiro atoms. The summed E-state index contributed by atoms with van der Waals surface area (Å²) < 4.78 is 39.4. The number of ether oxygens (including phenoxy) is 2. The summed E-state index contributed by atoms with van der Waals surface area (Å²) in [7, 11) is 2.09. The van der Waals surface area contributed by atoms with E-state index in [1.54, 1.807) is 22.7 Å². The van der Waals surface area contributed by atoms with Crippen molar-refractivity contribution in [1.82, 2.24) is 34.4 Å². The minimum absolute atomic E-state index is 0.116. The van der Waals surface area contributed by atoms with Crippen molar-refractivity contribution in [3.8, 4) is 17.4 Å². The summed E-state index contributed by atoms with van der Waals surface area (Å²) in [6, 6.07) is 11.2. The number of benzene rings is 2. The summed E-state index contributed by atoms with van der Waals surface area (Å²) in [5, 5.41) is 8.05. The molecule has 2 aliphatic heterocycles. The zero-order valence-electron chi connectivity index (χ0n) is 21.7. The first-order chi connectivity index (χ1) is 19.4. The van der Waals surface area contributed by atoms with Gasteiger partial charge in [-0.2, -0.15) is 13.9 Å². The lowest BCUT2D eigenvalue weighted by atomic mass is 9.94. The number of hydrogen-bond donors (Lipinski definition) is 1. The van der Waals surface area contributed by atoms with Crippen LogP contribution in [0, 0.1) is 6.92 Å². The minimum atomic E-state index is -2.95. The summed E-state index contributed by atoms with van der Waals surface area (Å²) in [5.74, 6) is 1.64. The maximum Gasteiger partial charge on any atom is 0.387 e. The Balaban J connectivity index is 1.22. The van der Waals surface area contributed by atoms with E-state index < -0.39 is 6.61 Å². The number of nitrogens with one attached hydrogen (secondary N) is 1. The van der Waals surface area contributed by atoms with Gasteiger partial charge in [-0.25, -0.2) is 24.5 Å². The zero-order valence-corrected chi connectivity index (χ0v) is 21.7. The molecule has 7 rings (SSSR count). The highest BCUT2D eigenvalue weighted by Crippen LogP contribution is 2.46. The van der Waals surface area contributed by atoms with Crippen LogP contribution in [0.5, 0.6) is 17.4 Å². The topological polar surface area (TPSA) is 106 Å². The smallest absolute Gasteiger partial charge is 0.387 e. The molecule has 2 saturated heterocycles. The lowest BCUT2D eigenvalue weighted by Gasteiger charge is -2.48. The van der Waals surface area contributed by atoms with Gasteiger partial charge in [-0.1, -0.05) is 0 Å². The average Bonchev–Trinajstić information content (AvgIpc) is 3.49. The van der Waals surface area contributed by atoms with E-state index >= 15 is 0 Å². The molecule has 5 heterocycles. The first-order valence-corrected chi connectivity index (χ1v) is 12.8. The molecule has 0 saturated carbocycles. The predicted molar refractivity (Wildman–Crippen MR) is 144 cm³/mol. The third-order valence-electron chi connectivity index (χ3n) is 7.61. The maximum absolute atomic E-state index is 13.4. The van der Waals surface area contributed by atoms with Crippen LogP contribution in [-0.4, -0.2) is 73.3 Å². The van der Waals surface area contributed by atoms with Gasteiger partial charge in [-0.15, -0.1) is 0 Å². The van der Waals surface area contributed by atoms with Crippen molar-refractivity contribution in [2.45, 2.75) is 32.0 Å². The molecule has 0 unspecified atom stereocenters. The molecule has 0 radical (unpaired) electrons. The van der Waals surface area contributed by atoms with Crippen molar-refractivity contribution in [1.29, 1.82) is 0 Å². The largest absolute Gasteiger partial charge is 0.439 e. The van der Waals surface area contributed by atoms with Gasteiger partial charge in [0.25, 0.3) is 0 Å². The molecule has 2 aromatic carbocycles. The Morgan fingerprint density at radius 3 is 2.70 bits per heavy atom. The molecular formula is C27H25F2N9O2. The van der Waals surface area contributed by atoms with Gasteiger partial charge in [-0.05, 0) is 56.3 Å². The van der Waals surface area contributed by atoms with Crippen LogP contribution in [0.25, 0.3) is 16.6 Å². The number of fused-ring (bicyclic) bond motifs is 3. The number of alkyl halides is 2. The van der Waals surface area contributed by atoms with E-state index in [2.05, 4.69) is 47.2 Å². The number of rotatable bonds is 7. The molecule has 40 heavy (non-hydrogen) atoms. The van der Waals surface area contributed by atoms with Crippen LogP contribution in [0.2, 0.25) is 0 Å². The first kappa shape index (κ1) is 24.4. The Hall–Kier alpha value is -4.65. The van der Waals surface area contributed by atoms with Crippen LogP contribution in [0.1, 0.15) is 12.0 Å². The van der Waals surface area contributed by atoms with Crippen molar-refractivity contribution >= 4 is 33.7 Å². The fourth-order valence-electron chi connectivity index (χ4n) is 5.61. The van der Waals surface area contributed by atoms with Crippen LogP contribution in [0.3, 0.4) is 0 Å². The maximum atomic E-state index is 13.4. The average molecular weight is 546 g/mol. The van der Waals surface area contributed by atoms with Crippen LogP contribution >= 0.6 is 0 Å². The van der Waals surface area contributed by atoms with Gasteiger partial charge in [0, 0.05) is 36.9 Å². The summed E-state index contributed by atoms with van der Waals surface area (Å²) >= 11 is 0. The molecule has 1 N–H and O–H groups in total. The molecule has 2 atom stereocenters. The number of aryl methyl sites for hydroxylation is 1. The van der Waals surface area contributed by atoms with Crippen LogP contribution in [0.15, 0.2) is 55.4 Å². The van der Waals surface area contributed by atoms with Gasteiger partial charge in [0.05, 0.1) is 16.6 Å². The molecule has 0 aliphatic carbocycles. The number of anilines is 3. The van der Waals surface area contributed by atoms with Crippen molar-refractivity contribution in [2.75, 3.05) is 30.4 Å². The number of likely N-dealkylation sites (N-methyl/N-ethyl adjacent to an activating group) is 1. The van der Waals surface area contributed by atoms with E-state index in [4.69, 9.17) is 9.47 Å². The van der Waals surface area contributed by atoms with Gasteiger partial charge in [-0.3, -0.25) is 4.90 Å². The molecule has 13 heteroatoms. The third-order valence-corrected chi connectivity index (χ3v) is 7.61. The second kappa shape index (κ2) is 9.52. The van der Waals surface area contributed by atoms with E-state index in [-0.39, 0.29) is 11.8 Å².